The number of ketones is 1. The van der Waals surface area contributed by atoms with Gasteiger partial charge < -0.3 is 9.15 Å². The van der Waals surface area contributed by atoms with Crippen LogP contribution in [-0.4, -0.2) is 28.3 Å². The molecule has 0 fully saturated rings. The summed E-state index contributed by atoms with van der Waals surface area (Å²) in [6.07, 6.45) is 0. The summed E-state index contributed by atoms with van der Waals surface area (Å²) >= 11 is 1.43. The van der Waals surface area contributed by atoms with Crippen LogP contribution >= 0.6 is 11.3 Å². The molecule has 0 unspecified atom stereocenters. The van der Waals surface area contributed by atoms with E-state index < -0.39 is 11.6 Å². The molecule has 0 radical (unpaired) electrons. The number of rotatable bonds is 3. The van der Waals surface area contributed by atoms with Crippen LogP contribution in [0.5, 0.6) is 0 Å². The number of carbonyl (C=O) groups excluding carboxylic acids is 2. The van der Waals surface area contributed by atoms with E-state index in [1.807, 2.05) is 6.92 Å². The minimum Gasteiger partial charge on any atom is -0.462 e. The van der Waals surface area contributed by atoms with Gasteiger partial charge in [-0.25, -0.2) is 19.6 Å². The number of nitrogens with zero attached hydrogens (tertiary/aromatic N) is 2. The van der Waals surface area contributed by atoms with Gasteiger partial charge in [0.15, 0.2) is 5.78 Å². The summed E-state index contributed by atoms with van der Waals surface area (Å²) < 4.78 is 11.7. The first kappa shape index (κ1) is 22.1. The lowest BCUT2D eigenvalue weighted by Gasteiger charge is -2.23. The molecule has 0 saturated carbocycles. The zero-order valence-corrected chi connectivity index (χ0v) is 19.9. The Morgan fingerprint density at radius 2 is 1.84 bits per heavy atom. The van der Waals surface area contributed by atoms with Crippen molar-refractivity contribution in [2.24, 2.45) is 0 Å². The summed E-state index contributed by atoms with van der Waals surface area (Å²) in [5.41, 5.74) is 2.15. The summed E-state index contributed by atoms with van der Waals surface area (Å²) in [7, 11) is 0. The molecular formula is C24H24N2O5S. The standard InChI is InChI=1S/C24H24N2O5S/c1-8-30-22(28)13-9-10(2)25-21-16(13)18-19(32-21)17(24(5,6)7)15-11(3)14(12(4)27)23(29)31-20(15)26-18/h9H,8H2,1-7H3. The number of aryl methyl sites for hydroxylation is 2. The molecule has 32 heavy (non-hydrogen) atoms. The van der Waals surface area contributed by atoms with Gasteiger partial charge in [-0.3, -0.25) is 4.79 Å². The van der Waals surface area contributed by atoms with Gasteiger partial charge in [0.05, 0.1) is 27.8 Å². The van der Waals surface area contributed by atoms with Crippen LogP contribution in [0.3, 0.4) is 0 Å². The van der Waals surface area contributed by atoms with E-state index >= 15 is 0 Å². The minimum atomic E-state index is -0.715. The molecule has 0 N–H and O–H groups in total. The Hall–Kier alpha value is -3.13. The van der Waals surface area contributed by atoms with Crippen molar-refractivity contribution in [2.75, 3.05) is 6.61 Å². The highest BCUT2D eigenvalue weighted by Crippen LogP contribution is 2.44. The molecule has 7 nitrogen and oxygen atoms in total. The summed E-state index contributed by atoms with van der Waals surface area (Å²) in [6, 6.07) is 1.69. The predicted octanol–water partition coefficient (Wildman–Crippen LogP) is 5.24. The first-order valence-corrected chi connectivity index (χ1v) is 11.2. The van der Waals surface area contributed by atoms with Crippen LogP contribution in [0.25, 0.3) is 31.5 Å². The number of aromatic nitrogens is 2. The average molecular weight is 453 g/mol. The Labute approximate surface area is 188 Å². The van der Waals surface area contributed by atoms with Crippen molar-refractivity contribution in [2.45, 2.75) is 53.9 Å². The maximum atomic E-state index is 12.7. The molecule has 0 bridgehead atoms. The van der Waals surface area contributed by atoms with Crippen LogP contribution in [0.4, 0.5) is 0 Å². The smallest absolute Gasteiger partial charge is 0.348 e. The number of Topliss-reactive ketones (excluding diaryl/α,β-unsaturated/α-hetero) is 1. The Morgan fingerprint density at radius 3 is 2.44 bits per heavy atom. The van der Waals surface area contributed by atoms with Crippen molar-refractivity contribution >= 4 is 54.6 Å². The van der Waals surface area contributed by atoms with E-state index in [0.717, 1.165) is 10.3 Å². The fourth-order valence-electron chi connectivity index (χ4n) is 4.19. The van der Waals surface area contributed by atoms with Gasteiger partial charge >= 0.3 is 11.6 Å². The highest BCUT2D eigenvalue weighted by molar-refractivity contribution is 7.25. The molecule has 0 aliphatic carbocycles. The fraction of sp³-hybridized carbons (Fsp3) is 0.375. The van der Waals surface area contributed by atoms with E-state index in [1.54, 1.807) is 19.9 Å². The van der Waals surface area contributed by atoms with Crippen molar-refractivity contribution in [3.05, 3.63) is 44.4 Å². The number of fused-ring (bicyclic) bond motifs is 4. The topological polar surface area (TPSA) is 99.4 Å². The Balaban J connectivity index is 2.30. The van der Waals surface area contributed by atoms with Crippen molar-refractivity contribution in [1.82, 2.24) is 9.97 Å². The number of hydrogen-bond donors (Lipinski definition) is 0. The molecule has 0 amide bonds. The zero-order chi connectivity index (χ0) is 23.5. The number of carbonyl (C=O) groups is 2. The van der Waals surface area contributed by atoms with Gasteiger partial charge in [-0.2, -0.15) is 0 Å². The molecule has 4 aromatic heterocycles. The molecule has 0 saturated heterocycles. The molecule has 0 aromatic carbocycles. The van der Waals surface area contributed by atoms with Gasteiger partial charge in [0, 0.05) is 11.1 Å². The van der Waals surface area contributed by atoms with Crippen molar-refractivity contribution < 1.29 is 18.7 Å². The van der Waals surface area contributed by atoms with Crippen molar-refractivity contribution in [3.8, 4) is 0 Å². The first-order chi connectivity index (χ1) is 15.0. The molecule has 0 atom stereocenters. The summed E-state index contributed by atoms with van der Waals surface area (Å²) in [6.45, 7) is 13.1. The van der Waals surface area contributed by atoms with Crippen LogP contribution < -0.4 is 5.63 Å². The second kappa shape index (κ2) is 7.48. The molecule has 0 aliphatic heterocycles. The van der Waals surface area contributed by atoms with Gasteiger partial charge in [0.25, 0.3) is 0 Å². The molecule has 0 aliphatic rings. The van der Waals surface area contributed by atoms with Gasteiger partial charge in [-0.05, 0) is 50.3 Å². The molecule has 8 heteroatoms. The molecule has 4 aromatic rings. The monoisotopic (exact) mass is 452 g/mol. The van der Waals surface area contributed by atoms with Gasteiger partial charge in [0.2, 0.25) is 5.71 Å². The van der Waals surface area contributed by atoms with E-state index in [4.69, 9.17) is 9.15 Å². The quantitative estimate of drug-likeness (QED) is 0.309. The zero-order valence-electron chi connectivity index (χ0n) is 19.1. The number of hydrogen-bond acceptors (Lipinski definition) is 8. The lowest BCUT2D eigenvalue weighted by Crippen LogP contribution is -2.18. The number of esters is 1. The largest absolute Gasteiger partial charge is 0.462 e. The SMILES string of the molecule is CCOC(=O)c1cc(C)nc2sc3c(C(C)(C)C)c4c(C)c(C(C)=O)c(=O)oc4nc3c12. The van der Waals surface area contributed by atoms with Crippen LogP contribution in [0.15, 0.2) is 15.3 Å². The lowest BCUT2D eigenvalue weighted by molar-refractivity contribution is 0.0528. The molecule has 4 heterocycles. The maximum absolute atomic E-state index is 12.7. The highest BCUT2D eigenvalue weighted by atomic mass is 32.1. The normalized spacial score (nSPS) is 12.1. The van der Waals surface area contributed by atoms with Gasteiger partial charge in [-0.1, -0.05) is 20.8 Å². The number of thiophene rings is 1. The lowest BCUT2D eigenvalue weighted by atomic mass is 9.83. The second-order valence-corrected chi connectivity index (χ2v) is 9.85. The fourth-order valence-corrected chi connectivity index (χ4v) is 5.64. The molecular weight excluding hydrogens is 428 g/mol. The second-order valence-electron chi connectivity index (χ2n) is 8.85. The van der Waals surface area contributed by atoms with E-state index in [0.29, 0.717) is 37.9 Å². The highest BCUT2D eigenvalue weighted by Gasteiger charge is 2.30. The minimum absolute atomic E-state index is 0.0337. The Bertz CT molecular complexity index is 1510. The van der Waals surface area contributed by atoms with Crippen LogP contribution in [0.1, 0.15) is 72.2 Å². The van der Waals surface area contributed by atoms with Gasteiger partial charge in [0.1, 0.15) is 10.4 Å². The third-order valence-electron chi connectivity index (χ3n) is 5.41. The third-order valence-corrected chi connectivity index (χ3v) is 6.50. The maximum Gasteiger partial charge on any atom is 0.348 e. The summed E-state index contributed by atoms with van der Waals surface area (Å²) in [5, 5.41) is 1.23. The first-order valence-electron chi connectivity index (χ1n) is 10.4. The van der Waals surface area contributed by atoms with E-state index in [1.165, 1.54) is 18.3 Å². The Kier molecular flexibility index (Phi) is 5.16. The van der Waals surface area contributed by atoms with Crippen LogP contribution in [0, 0.1) is 13.8 Å². The third kappa shape index (κ3) is 3.30. The average Bonchev–Trinajstić information content (AvgIpc) is 3.02. The Morgan fingerprint density at radius 1 is 1.16 bits per heavy atom. The van der Waals surface area contributed by atoms with Crippen molar-refractivity contribution in [3.63, 3.8) is 0 Å². The van der Waals surface area contributed by atoms with E-state index in [9.17, 15) is 14.4 Å². The van der Waals surface area contributed by atoms with Crippen LogP contribution in [0.2, 0.25) is 0 Å². The summed E-state index contributed by atoms with van der Waals surface area (Å²) in [4.78, 5) is 47.5. The molecule has 166 valence electrons. The van der Waals surface area contributed by atoms with Crippen LogP contribution in [-0.2, 0) is 10.2 Å². The number of ether oxygens (including phenoxy) is 1. The molecule has 0 spiro atoms. The van der Waals surface area contributed by atoms with Gasteiger partial charge in [-0.15, -0.1) is 11.3 Å². The van der Waals surface area contributed by atoms with E-state index in [-0.39, 0.29) is 29.1 Å². The predicted molar refractivity (Wildman–Crippen MR) is 125 cm³/mol. The molecule has 4 rings (SSSR count). The van der Waals surface area contributed by atoms with E-state index in [2.05, 4.69) is 30.7 Å². The van der Waals surface area contributed by atoms with Crippen molar-refractivity contribution in [1.29, 1.82) is 0 Å². The summed E-state index contributed by atoms with van der Waals surface area (Å²) in [5.74, 6) is -0.803. The number of pyridine rings is 2.